The number of rotatable bonds is 6. The van der Waals surface area contributed by atoms with E-state index < -0.39 is 10.0 Å². The van der Waals surface area contributed by atoms with Crippen LogP contribution in [0.4, 0.5) is 5.69 Å². The summed E-state index contributed by atoms with van der Waals surface area (Å²) in [6.07, 6.45) is 0.726. The molecular weight excluding hydrogens is 290 g/mol. The monoisotopic (exact) mass is 311 g/mol. The van der Waals surface area contributed by atoms with Crippen molar-refractivity contribution in [3.63, 3.8) is 0 Å². The number of anilines is 1. The van der Waals surface area contributed by atoms with Crippen LogP contribution < -0.4 is 10.1 Å². The average molecular weight is 311 g/mol. The largest absolute Gasteiger partial charge is 0.326 e. The number of benzene rings is 1. The first-order valence-electron chi connectivity index (χ1n) is 6.63. The summed E-state index contributed by atoms with van der Waals surface area (Å²) in [5, 5.41) is 6.47. The molecule has 0 atom stereocenters. The van der Waals surface area contributed by atoms with Gasteiger partial charge in [-0.3, -0.25) is 4.79 Å². The topological polar surface area (TPSA) is 87.6 Å². The highest BCUT2D eigenvalue weighted by atomic mass is 32.2. The minimum Gasteiger partial charge on any atom is -0.326 e. The van der Waals surface area contributed by atoms with Crippen molar-refractivity contribution in [2.24, 2.45) is 11.0 Å². The van der Waals surface area contributed by atoms with E-state index in [2.05, 4.69) is 15.2 Å². The van der Waals surface area contributed by atoms with Gasteiger partial charge in [0, 0.05) is 18.3 Å². The molecule has 21 heavy (non-hydrogen) atoms. The smallest absolute Gasteiger partial charge is 0.276 e. The Balaban J connectivity index is 2.81. The Kier molecular flexibility index (Phi) is 5.90. The Morgan fingerprint density at radius 2 is 1.76 bits per heavy atom. The summed E-state index contributed by atoms with van der Waals surface area (Å²) >= 11 is 0. The fourth-order valence-corrected chi connectivity index (χ4v) is 2.62. The summed E-state index contributed by atoms with van der Waals surface area (Å²) < 4.78 is 24.1. The van der Waals surface area contributed by atoms with Crippen LogP contribution in [0.2, 0.25) is 0 Å². The number of sulfonamides is 1. The van der Waals surface area contributed by atoms with Gasteiger partial charge in [-0.2, -0.15) is 13.5 Å². The summed E-state index contributed by atoms with van der Waals surface area (Å²) in [4.78, 5) is 13.2. The fraction of sp³-hybridized carbons (Fsp3) is 0.429. The van der Waals surface area contributed by atoms with Crippen molar-refractivity contribution in [2.75, 3.05) is 5.32 Å². The molecule has 0 aliphatic carbocycles. The van der Waals surface area contributed by atoms with Gasteiger partial charge < -0.3 is 5.32 Å². The van der Waals surface area contributed by atoms with Crippen molar-refractivity contribution in [1.82, 2.24) is 4.83 Å². The molecular formula is C14H21N3O3S. The third kappa shape index (κ3) is 5.95. The highest BCUT2D eigenvalue weighted by Crippen LogP contribution is 2.14. The van der Waals surface area contributed by atoms with Crippen LogP contribution in [0.1, 0.15) is 34.1 Å². The summed E-state index contributed by atoms with van der Waals surface area (Å²) in [5.41, 5.74) is 1.27. The summed E-state index contributed by atoms with van der Waals surface area (Å²) in [6.45, 7) is 7.24. The Morgan fingerprint density at radius 3 is 2.24 bits per heavy atom. The number of hydrogen-bond acceptors (Lipinski definition) is 4. The van der Waals surface area contributed by atoms with E-state index >= 15 is 0 Å². The second-order valence-electron chi connectivity index (χ2n) is 5.25. The molecule has 0 fully saturated rings. The number of nitrogens with one attached hydrogen (secondary N) is 2. The van der Waals surface area contributed by atoms with Crippen molar-refractivity contribution < 1.29 is 13.2 Å². The van der Waals surface area contributed by atoms with Gasteiger partial charge in [-0.25, -0.2) is 4.83 Å². The first-order valence-corrected chi connectivity index (χ1v) is 8.11. The maximum Gasteiger partial charge on any atom is 0.276 e. The quantitative estimate of drug-likeness (QED) is 0.624. The number of carbonyl (C=O) groups is 1. The summed E-state index contributed by atoms with van der Waals surface area (Å²) in [7, 11) is -3.69. The lowest BCUT2D eigenvalue weighted by Gasteiger charge is -2.07. The highest BCUT2D eigenvalue weighted by Gasteiger charge is 2.13. The zero-order valence-electron chi connectivity index (χ0n) is 12.7. The van der Waals surface area contributed by atoms with E-state index in [1.54, 1.807) is 6.92 Å². The van der Waals surface area contributed by atoms with Crippen LogP contribution in [0, 0.1) is 5.92 Å². The molecule has 0 unspecified atom stereocenters. The molecule has 1 aromatic carbocycles. The normalized spacial score (nSPS) is 12.3. The second-order valence-corrected chi connectivity index (χ2v) is 6.91. The van der Waals surface area contributed by atoms with Crippen molar-refractivity contribution in [1.29, 1.82) is 0 Å². The molecule has 0 saturated carbocycles. The van der Waals surface area contributed by atoms with Gasteiger partial charge in [0.05, 0.1) is 4.90 Å². The highest BCUT2D eigenvalue weighted by molar-refractivity contribution is 7.89. The van der Waals surface area contributed by atoms with Gasteiger partial charge >= 0.3 is 0 Å². The third-order valence-corrected chi connectivity index (χ3v) is 3.77. The molecule has 0 spiro atoms. The molecule has 0 aromatic heterocycles. The minimum atomic E-state index is -3.69. The number of carbonyl (C=O) groups excluding carboxylic acids is 1. The van der Waals surface area contributed by atoms with Gasteiger partial charge in [0.15, 0.2) is 0 Å². The van der Waals surface area contributed by atoms with Crippen LogP contribution in [0.3, 0.4) is 0 Å². The lowest BCUT2D eigenvalue weighted by molar-refractivity contribution is -0.114. The van der Waals surface area contributed by atoms with E-state index in [1.807, 2.05) is 13.8 Å². The molecule has 0 saturated heterocycles. The summed E-state index contributed by atoms with van der Waals surface area (Å²) in [5.74, 6) is 0.202. The number of hydrogen-bond donors (Lipinski definition) is 2. The first kappa shape index (κ1) is 17.2. The Morgan fingerprint density at radius 1 is 1.19 bits per heavy atom. The van der Waals surface area contributed by atoms with Crippen LogP contribution in [-0.4, -0.2) is 20.0 Å². The SMILES string of the molecule is CC(=O)Nc1ccc(S(=O)(=O)N/N=C(\C)CC(C)C)cc1. The van der Waals surface area contributed by atoms with Crippen LogP contribution in [0.5, 0.6) is 0 Å². The van der Waals surface area contributed by atoms with Crippen LogP contribution >= 0.6 is 0 Å². The lowest BCUT2D eigenvalue weighted by Crippen LogP contribution is -2.20. The molecule has 7 heteroatoms. The van der Waals surface area contributed by atoms with E-state index in [-0.39, 0.29) is 10.8 Å². The zero-order chi connectivity index (χ0) is 16.0. The molecule has 0 bridgehead atoms. The van der Waals surface area contributed by atoms with Crippen molar-refractivity contribution in [3.05, 3.63) is 24.3 Å². The van der Waals surface area contributed by atoms with Crippen molar-refractivity contribution in [3.8, 4) is 0 Å². The molecule has 116 valence electrons. The third-order valence-electron chi connectivity index (χ3n) is 2.55. The molecule has 0 aliphatic heterocycles. The maximum atomic E-state index is 12.1. The number of nitrogens with zero attached hydrogens (tertiary/aromatic N) is 1. The molecule has 6 nitrogen and oxygen atoms in total. The van der Waals surface area contributed by atoms with Crippen molar-refractivity contribution in [2.45, 2.75) is 39.0 Å². The molecule has 1 rings (SSSR count). The van der Waals surface area contributed by atoms with E-state index in [0.717, 1.165) is 12.1 Å². The average Bonchev–Trinajstić information content (AvgIpc) is 2.36. The Bertz CT molecular complexity index is 619. The van der Waals surface area contributed by atoms with Crippen LogP contribution in [0.15, 0.2) is 34.3 Å². The van der Waals surface area contributed by atoms with Gasteiger partial charge in [-0.15, -0.1) is 0 Å². The van der Waals surface area contributed by atoms with E-state index in [4.69, 9.17) is 0 Å². The van der Waals surface area contributed by atoms with Crippen LogP contribution in [0.25, 0.3) is 0 Å². The maximum absolute atomic E-state index is 12.1. The second kappa shape index (κ2) is 7.21. The van der Waals surface area contributed by atoms with E-state index in [0.29, 0.717) is 11.6 Å². The zero-order valence-corrected chi connectivity index (χ0v) is 13.5. The van der Waals surface area contributed by atoms with Crippen molar-refractivity contribution >= 4 is 27.3 Å². The molecule has 0 aliphatic rings. The Hall–Kier alpha value is -1.89. The van der Waals surface area contributed by atoms with Gasteiger partial charge in [0.25, 0.3) is 10.0 Å². The van der Waals surface area contributed by atoms with E-state index in [1.165, 1.54) is 31.2 Å². The van der Waals surface area contributed by atoms with Gasteiger partial charge in [-0.05, 0) is 43.5 Å². The van der Waals surface area contributed by atoms with Gasteiger partial charge in [0.1, 0.15) is 0 Å². The Labute approximate surface area is 125 Å². The molecule has 1 aromatic rings. The molecule has 1 amide bonds. The fourth-order valence-electron chi connectivity index (χ4n) is 1.75. The van der Waals surface area contributed by atoms with Gasteiger partial charge in [0.2, 0.25) is 5.91 Å². The minimum absolute atomic E-state index is 0.0951. The molecule has 0 radical (unpaired) electrons. The van der Waals surface area contributed by atoms with Gasteiger partial charge in [-0.1, -0.05) is 13.8 Å². The molecule has 2 N–H and O–H groups in total. The standard InChI is InChI=1S/C14H21N3O3S/c1-10(2)9-11(3)16-17-21(19,20)14-7-5-13(6-8-14)15-12(4)18/h5-8,10,17H,9H2,1-4H3,(H,15,18)/b16-11+. The summed E-state index contributed by atoms with van der Waals surface area (Å²) in [6, 6.07) is 5.89. The predicted octanol–water partition coefficient (Wildman–Crippen LogP) is 2.35. The predicted molar refractivity (Wildman–Crippen MR) is 83.6 cm³/mol. The van der Waals surface area contributed by atoms with Crippen LogP contribution in [-0.2, 0) is 14.8 Å². The number of hydrazone groups is 1. The van der Waals surface area contributed by atoms with E-state index in [9.17, 15) is 13.2 Å². The lowest BCUT2D eigenvalue weighted by atomic mass is 10.1. The first-order chi connectivity index (χ1) is 9.70. The molecule has 0 heterocycles. The number of amides is 1.